The normalized spacial score (nSPS) is 12.8. The number of rotatable bonds is 61. The average molecular weight is 1030 g/mol. The van der Waals surface area contributed by atoms with Gasteiger partial charge in [-0.05, 0) is 83.5 Å². The molecule has 3 N–H and O–H groups in total. The van der Waals surface area contributed by atoms with Crippen LogP contribution in [0.1, 0.15) is 354 Å². The summed E-state index contributed by atoms with van der Waals surface area (Å²) >= 11 is 0. The fraction of sp³-hybridized carbons (Fsp3) is 0.881. The molecule has 0 bridgehead atoms. The van der Waals surface area contributed by atoms with Crippen LogP contribution >= 0.6 is 0 Å². The molecule has 0 spiro atoms. The second-order valence-corrected chi connectivity index (χ2v) is 22.4. The molecule has 2 unspecified atom stereocenters. The standard InChI is InChI=1S/C67H127NO5/c1-3-5-7-9-11-13-15-17-19-20-26-30-33-37-41-45-49-53-57-61-67(72)73-62-58-54-50-46-42-38-34-31-28-25-23-21-22-24-27-29-32-36-40-44-48-52-56-60-66(71)68-64(63-69)65(70)59-55-51-47-43-39-35-18-16-14-12-10-8-6-4-2/h17,19,24,27,55,59,64-65,69-70H,3-16,18,20-23,25-26,28-54,56-58,60-63H2,1-2H3,(H,68,71)/b19-17-,27-24-,59-55+. The van der Waals surface area contributed by atoms with Gasteiger partial charge in [0.1, 0.15) is 0 Å². The Hall–Kier alpha value is -1.92. The van der Waals surface area contributed by atoms with Gasteiger partial charge in [0.2, 0.25) is 5.91 Å². The summed E-state index contributed by atoms with van der Waals surface area (Å²) in [7, 11) is 0. The predicted molar refractivity (Wildman–Crippen MR) is 319 cm³/mol. The van der Waals surface area contributed by atoms with E-state index in [-0.39, 0.29) is 18.5 Å². The SMILES string of the molecule is CCCCCCCC/C=C\CCCCCCCCCCCC(=O)OCCCCCCCCCCCCCC/C=C\CCCCCCCCCC(=O)NC(CO)C(O)/C=C/CCCCCCCCCCCCCC. The van der Waals surface area contributed by atoms with Crippen LogP contribution in [-0.4, -0.2) is 47.4 Å². The van der Waals surface area contributed by atoms with Crippen molar-refractivity contribution in [3.05, 3.63) is 36.5 Å². The van der Waals surface area contributed by atoms with E-state index in [0.717, 1.165) is 51.4 Å². The third kappa shape index (κ3) is 59.2. The van der Waals surface area contributed by atoms with E-state index in [9.17, 15) is 19.8 Å². The van der Waals surface area contributed by atoms with Gasteiger partial charge >= 0.3 is 5.97 Å². The van der Waals surface area contributed by atoms with Crippen molar-refractivity contribution in [2.75, 3.05) is 13.2 Å². The Morgan fingerprint density at radius 1 is 0.370 bits per heavy atom. The third-order valence-corrected chi connectivity index (χ3v) is 15.1. The largest absolute Gasteiger partial charge is 0.466 e. The summed E-state index contributed by atoms with van der Waals surface area (Å²) in [5, 5.41) is 23.1. The molecule has 0 aliphatic rings. The Morgan fingerprint density at radius 2 is 0.644 bits per heavy atom. The molecule has 0 saturated heterocycles. The van der Waals surface area contributed by atoms with Crippen LogP contribution < -0.4 is 5.32 Å². The van der Waals surface area contributed by atoms with Crippen LogP contribution in [0, 0.1) is 0 Å². The zero-order valence-electron chi connectivity index (χ0n) is 49.1. The van der Waals surface area contributed by atoms with Crippen LogP contribution in [-0.2, 0) is 14.3 Å². The molecule has 0 aromatic carbocycles. The average Bonchev–Trinajstić information content (AvgIpc) is 3.39. The molecule has 6 nitrogen and oxygen atoms in total. The number of ether oxygens (including phenoxy) is 1. The maximum Gasteiger partial charge on any atom is 0.305 e. The highest BCUT2D eigenvalue weighted by Gasteiger charge is 2.18. The number of carbonyl (C=O) groups is 2. The number of esters is 1. The number of unbranched alkanes of at least 4 members (excludes halogenated alkanes) is 46. The van der Waals surface area contributed by atoms with E-state index in [1.165, 1.54) is 276 Å². The predicted octanol–water partition coefficient (Wildman–Crippen LogP) is 20.8. The van der Waals surface area contributed by atoms with Crippen LogP contribution in [0.15, 0.2) is 36.5 Å². The first-order valence-electron chi connectivity index (χ1n) is 32.8. The molecule has 0 aliphatic carbocycles. The molecule has 0 aromatic heterocycles. The van der Waals surface area contributed by atoms with E-state index < -0.39 is 12.1 Å². The van der Waals surface area contributed by atoms with Crippen molar-refractivity contribution in [2.45, 2.75) is 366 Å². The molecule has 0 fully saturated rings. The molecule has 6 heteroatoms. The molecular weight excluding hydrogens is 899 g/mol. The topological polar surface area (TPSA) is 95.9 Å². The molecule has 2 atom stereocenters. The first kappa shape index (κ1) is 71.1. The molecule has 1 amide bonds. The number of amides is 1. The van der Waals surface area contributed by atoms with Crippen LogP contribution in [0.3, 0.4) is 0 Å². The van der Waals surface area contributed by atoms with E-state index in [1.807, 2.05) is 6.08 Å². The molecule has 0 radical (unpaired) electrons. The Morgan fingerprint density at radius 3 is 0.973 bits per heavy atom. The van der Waals surface area contributed by atoms with E-state index in [1.54, 1.807) is 6.08 Å². The Bertz CT molecular complexity index is 1180. The maximum absolute atomic E-state index is 12.5. The highest BCUT2D eigenvalue weighted by Crippen LogP contribution is 2.17. The lowest BCUT2D eigenvalue weighted by molar-refractivity contribution is -0.143. The van der Waals surface area contributed by atoms with Crippen molar-refractivity contribution in [3.63, 3.8) is 0 Å². The van der Waals surface area contributed by atoms with Gasteiger partial charge in [-0.25, -0.2) is 0 Å². The fourth-order valence-electron chi connectivity index (χ4n) is 10.1. The minimum atomic E-state index is -0.848. The van der Waals surface area contributed by atoms with Gasteiger partial charge in [0.05, 0.1) is 25.4 Å². The monoisotopic (exact) mass is 1030 g/mol. The van der Waals surface area contributed by atoms with Crippen molar-refractivity contribution in [1.82, 2.24) is 5.32 Å². The van der Waals surface area contributed by atoms with Gasteiger partial charge in [-0.1, -0.05) is 294 Å². The van der Waals surface area contributed by atoms with Crippen molar-refractivity contribution in [2.24, 2.45) is 0 Å². The van der Waals surface area contributed by atoms with Crippen LogP contribution in [0.4, 0.5) is 0 Å². The quantitative estimate of drug-likeness (QED) is 0.0320. The first-order valence-corrected chi connectivity index (χ1v) is 32.8. The Balaban J connectivity index is 3.40. The second-order valence-electron chi connectivity index (χ2n) is 22.4. The summed E-state index contributed by atoms with van der Waals surface area (Å²) in [5.41, 5.74) is 0. The van der Waals surface area contributed by atoms with E-state index in [2.05, 4.69) is 43.5 Å². The molecule has 73 heavy (non-hydrogen) atoms. The highest BCUT2D eigenvalue weighted by atomic mass is 16.5. The third-order valence-electron chi connectivity index (χ3n) is 15.1. The van der Waals surface area contributed by atoms with Crippen molar-refractivity contribution >= 4 is 11.9 Å². The van der Waals surface area contributed by atoms with Gasteiger partial charge in [-0.2, -0.15) is 0 Å². The zero-order valence-corrected chi connectivity index (χ0v) is 49.1. The van der Waals surface area contributed by atoms with Gasteiger partial charge in [0.15, 0.2) is 0 Å². The minimum absolute atomic E-state index is 0.0107. The highest BCUT2D eigenvalue weighted by molar-refractivity contribution is 5.76. The van der Waals surface area contributed by atoms with Crippen LogP contribution in [0.2, 0.25) is 0 Å². The number of hydrogen-bond acceptors (Lipinski definition) is 5. The molecular formula is C67H127NO5. The van der Waals surface area contributed by atoms with E-state index >= 15 is 0 Å². The number of hydrogen-bond donors (Lipinski definition) is 3. The van der Waals surface area contributed by atoms with Gasteiger partial charge in [0, 0.05) is 12.8 Å². The Kier molecular flexibility index (Phi) is 61.0. The van der Waals surface area contributed by atoms with Gasteiger partial charge < -0.3 is 20.3 Å². The Labute approximate surface area is 455 Å². The zero-order chi connectivity index (χ0) is 52.9. The van der Waals surface area contributed by atoms with Gasteiger partial charge in [-0.15, -0.1) is 0 Å². The van der Waals surface area contributed by atoms with Crippen LogP contribution in [0.25, 0.3) is 0 Å². The van der Waals surface area contributed by atoms with E-state index in [4.69, 9.17) is 4.74 Å². The smallest absolute Gasteiger partial charge is 0.305 e. The summed E-state index contributed by atoms with van der Waals surface area (Å²) < 4.78 is 5.50. The molecule has 0 saturated carbocycles. The number of carbonyl (C=O) groups excluding carboxylic acids is 2. The number of aliphatic hydroxyl groups is 2. The lowest BCUT2D eigenvalue weighted by Gasteiger charge is -2.20. The minimum Gasteiger partial charge on any atom is -0.466 e. The van der Waals surface area contributed by atoms with Crippen LogP contribution in [0.5, 0.6) is 0 Å². The molecule has 430 valence electrons. The van der Waals surface area contributed by atoms with Crippen molar-refractivity contribution < 1.29 is 24.5 Å². The maximum atomic E-state index is 12.5. The molecule has 0 aromatic rings. The second kappa shape index (κ2) is 62.6. The number of allylic oxidation sites excluding steroid dienone is 5. The summed E-state index contributed by atoms with van der Waals surface area (Å²) in [5.74, 6) is -0.0626. The van der Waals surface area contributed by atoms with Gasteiger partial charge in [0.25, 0.3) is 0 Å². The summed E-state index contributed by atoms with van der Waals surface area (Å²) in [6.07, 6.45) is 79.1. The lowest BCUT2D eigenvalue weighted by Crippen LogP contribution is -2.45. The lowest BCUT2D eigenvalue weighted by atomic mass is 10.0. The first-order chi connectivity index (χ1) is 36.0. The van der Waals surface area contributed by atoms with Crippen molar-refractivity contribution in [1.29, 1.82) is 0 Å². The molecule has 0 aliphatic heterocycles. The van der Waals surface area contributed by atoms with E-state index in [0.29, 0.717) is 19.4 Å². The van der Waals surface area contributed by atoms with Crippen molar-refractivity contribution in [3.8, 4) is 0 Å². The fourth-order valence-corrected chi connectivity index (χ4v) is 10.1. The number of nitrogens with one attached hydrogen (secondary N) is 1. The summed E-state index contributed by atoms with van der Waals surface area (Å²) in [4.78, 5) is 24.6. The molecule has 0 rings (SSSR count). The van der Waals surface area contributed by atoms with Gasteiger partial charge in [-0.3, -0.25) is 9.59 Å². The number of aliphatic hydroxyl groups excluding tert-OH is 2. The molecule has 0 heterocycles. The summed E-state index contributed by atoms with van der Waals surface area (Å²) in [6.45, 7) is 4.91. The summed E-state index contributed by atoms with van der Waals surface area (Å²) in [6, 6.07) is -0.632.